The van der Waals surface area contributed by atoms with Crippen molar-refractivity contribution >= 4 is 23.6 Å². The zero-order chi connectivity index (χ0) is 18.2. The maximum absolute atomic E-state index is 12.3. The van der Waals surface area contributed by atoms with Crippen LogP contribution in [0.4, 0.5) is 0 Å². The van der Waals surface area contributed by atoms with Gasteiger partial charge in [0, 0.05) is 19.3 Å². The summed E-state index contributed by atoms with van der Waals surface area (Å²) < 4.78 is 5.33. The molecule has 0 radical (unpaired) electrons. The van der Waals surface area contributed by atoms with Crippen LogP contribution in [0.2, 0.25) is 0 Å². The zero-order valence-electron chi connectivity index (χ0n) is 14.2. The molecule has 0 aromatic heterocycles. The predicted molar refractivity (Wildman–Crippen MR) is 90.7 cm³/mol. The molecular formula is C18H22N2O5. The molecule has 134 valence electrons. The first-order valence-electron chi connectivity index (χ1n) is 8.37. The van der Waals surface area contributed by atoms with Gasteiger partial charge in [0.2, 0.25) is 5.91 Å². The van der Waals surface area contributed by atoms with Gasteiger partial charge >= 0.3 is 11.9 Å². The number of carboxylic acid groups (broad SMARTS) is 1. The van der Waals surface area contributed by atoms with Crippen molar-refractivity contribution in [3.05, 3.63) is 35.9 Å². The fraction of sp³-hybridized carbons (Fsp3) is 0.444. The Bertz CT molecular complexity index is 657. The van der Waals surface area contributed by atoms with Gasteiger partial charge < -0.3 is 9.84 Å². The van der Waals surface area contributed by atoms with E-state index in [-0.39, 0.29) is 18.7 Å². The number of rotatable bonds is 8. The summed E-state index contributed by atoms with van der Waals surface area (Å²) in [4.78, 5) is 34.7. The lowest BCUT2D eigenvalue weighted by Crippen LogP contribution is -2.42. The number of carbonyl (C=O) groups is 3. The van der Waals surface area contributed by atoms with E-state index in [1.54, 1.807) is 0 Å². The Morgan fingerprint density at radius 3 is 2.60 bits per heavy atom. The van der Waals surface area contributed by atoms with Gasteiger partial charge in [0.05, 0.1) is 18.6 Å². The smallest absolute Gasteiger partial charge is 0.308 e. The molecule has 0 saturated carbocycles. The van der Waals surface area contributed by atoms with Gasteiger partial charge in [0.25, 0.3) is 0 Å². The molecule has 7 nitrogen and oxygen atoms in total. The SMILES string of the molecule is CCC[C@H](OC(=O)CCC(=O)O)N1N=C(c2ccccc2)CCC1=O. The molecule has 0 aliphatic carbocycles. The summed E-state index contributed by atoms with van der Waals surface area (Å²) in [7, 11) is 0. The average molecular weight is 346 g/mol. The van der Waals surface area contributed by atoms with E-state index >= 15 is 0 Å². The van der Waals surface area contributed by atoms with E-state index in [4.69, 9.17) is 9.84 Å². The van der Waals surface area contributed by atoms with Crippen LogP contribution in [-0.2, 0) is 19.1 Å². The monoisotopic (exact) mass is 346 g/mol. The largest absolute Gasteiger partial charge is 0.481 e. The van der Waals surface area contributed by atoms with Crippen LogP contribution in [-0.4, -0.2) is 39.9 Å². The van der Waals surface area contributed by atoms with Crippen molar-refractivity contribution in [1.29, 1.82) is 0 Å². The molecule has 2 rings (SSSR count). The Kier molecular flexibility index (Phi) is 6.68. The van der Waals surface area contributed by atoms with Gasteiger partial charge in [0.1, 0.15) is 0 Å². The number of amides is 1. The summed E-state index contributed by atoms with van der Waals surface area (Å²) in [5.74, 6) is -1.91. The zero-order valence-corrected chi connectivity index (χ0v) is 14.2. The average Bonchev–Trinajstić information content (AvgIpc) is 2.61. The molecule has 7 heteroatoms. The van der Waals surface area contributed by atoms with Crippen molar-refractivity contribution in [3.8, 4) is 0 Å². The quantitative estimate of drug-likeness (QED) is 0.730. The number of nitrogens with zero attached hydrogens (tertiary/aromatic N) is 2. The Balaban J connectivity index is 2.15. The van der Waals surface area contributed by atoms with Crippen LogP contribution in [0.25, 0.3) is 0 Å². The molecule has 0 fully saturated rings. The Labute approximate surface area is 146 Å². The van der Waals surface area contributed by atoms with Crippen molar-refractivity contribution in [3.63, 3.8) is 0 Å². The number of ether oxygens (including phenoxy) is 1. The number of carboxylic acids is 1. The van der Waals surface area contributed by atoms with Crippen LogP contribution >= 0.6 is 0 Å². The predicted octanol–water partition coefficient (Wildman–Crippen LogP) is 2.55. The summed E-state index contributed by atoms with van der Waals surface area (Å²) in [6.07, 6.45) is 0.619. The number of carbonyl (C=O) groups excluding carboxylic acids is 2. The number of esters is 1. The van der Waals surface area contributed by atoms with Gasteiger partial charge in [-0.05, 0) is 5.56 Å². The van der Waals surface area contributed by atoms with Gasteiger partial charge in [-0.15, -0.1) is 0 Å². The number of hydrazone groups is 1. The van der Waals surface area contributed by atoms with E-state index in [9.17, 15) is 14.4 Å². The van der Waals surface area contributed by atoms with Crippen molar-refractivity contribution in [1.82, 2.24) is 5.01 Å². The highest BCUT2D eigenvalue weighted by Gasteiger charge is 2.30. The second kappa shape index (κ2) is 8.96. The normalized spacial score (nSPS) is 15.5. The van der Waals surface area contributed by atoms with E-state index in [2.05, 4.69) is 5.10 Å². The third-order valence-corrected chi connectivity index (χ3v) is 3.79. The molecule has 0 saturated heterocycles. The highest BCUT2D eigenvalue weighted by molar-refractivity contribution is 6.04. The van der Waals surface area contributed by atoms with Crippen LogP contribution in [0, 0.1) is 0 Å². The lowest BCUT2D eigenvalue weighted by Gasteiger charge is -2.30. The summed E-state index contributed by atoms with van der Waals surface area (Å²) >= 11 is 0. The maximum Gasteiger partial charge on any atom is 0.308 e. The molecule has 1 amide bonds. The first-order valence-corrected chi connectivity index (χ1v) is 8.37. The molecule has 1 aliphatic rings. The van der Waals surface area contributed by atoms with Gasteiger partial charge in [-0.2, -0.15) is 10.1 Å². The third kappa shape index (κ3) is 5.41. The summed E-state index contributed by atoms with van der Waals surface area (Å²) in [5.41, 5.74) is 1.69. The molecule has 0 spiro atoms. The molecule has 1 aromatic carbocycles. The second-order valence-electron chi connectivity index (χ2n) is 5.78. The van der Waals surface area contributed by atoms with Gasteiger partial charge in [-0.1, -0.05) is 43.7 Å². The topological polar surface area (TPSA) is 96.3 Å². The van der Waals surface area contributed by atoms with Crippen molar-refractivity contribution < 1.29 is 24.2 Å². The maximum atomic E-state index is 12.3. The van der Waals surface area contributed by atoms with E-state index in [1.807, 2.05) is 37.3 Å². The van der Waals surface area contributed by atoms with Crippen molar-refractivity contribution in [2.75, 3.05) is 0 Å². The first-order chi connectivity index (χ1) is 12.0. The highest BCUT2D eigenvalue weighted by atomic mass is 16.6. The Hall–Kier alpha value is -2.70. The third-order valence-electron chi connectivity index (χ3n) is 3.79. The fourth-order valence-corrected chi connectivity index (χ4v) is 2.53. The standard InChI is InChI=1S/C18H22N2O5/c1-2-6-16(25-18(24)12-11-17(22)23)20-15(21)10-9-14(19-20)13-7-4-3-5-8-13/h3-5,7-8,16H,2,6,9-12H2,1H3,(H,22,23)/t16-/m0/s1. The van der Waals surface area contributed by atoms with E-state index in [0.29, 0.717) is 25.7 Å². The van der Waals surface area contributed by atoms with Crippen LogP contribution < -0.4 is 0 Å². The minimum absolute atomic E-state index is 0.204. The Morgan fingerprint density at radius 1 is 1.24 bits per heavy atom. The first kappa shape index (κ1) is 18.6. The van der Waals surface area contributed by atoms with Crippen LogP contribution in [0.15, 0.2) is 35.4 Å². The molecule has 0 bridgehead atoms. The number of hydrogen-bond donors (Lipinski definition) is 1. The van der Waals surface area contributed by atoms with Crippen molar-refractivity contribution in [2.24, 2.45) is 5.10 Å². The van der Waals surface area contributed by atoms with Crippen LogP contribution in [0.3, 0.4) is 0 Å². The Morgan fingerprint density at radius 2 is 1.96 bits per heavy atom. The molecule has 1 heterocycles. The minimum atomic E-state index is -1.07. The lowest BCUT2D eigenvalue weighted by atomic mass is 10.0. The number of benzene rings is 1. The lowest BCUT2D eigenvalue weighted by molar-refractivity contribution is -0.167. The molecule has 1 aromatic rings. The molecule has 1 N–H and O–H groups in total. The molecule has 25 heavy (non-hydrogen) atoms. The minimum Gasteiger partial charge on any atom is -0.481 e. The summed E-state index contributed by atoms with van der Waals surface area (Å²) in [5, 5.41) is 14.3. The van der Waals surface area contributed by atoms with Crippen LogP contribution in [0.5, 0.6) is 0 Å². The number of hydrogen-bond acceptors (Lipinski definition) is 5. The molecule has 0 unspecified atom stereocenters. The molecule has 1 atom stereocenters. The van der Waals surface area contributed by atoms with E-state index in [1.165, 1.54) is 5.01 Å². The van der Waals surface area contributed by atoms with E-state index < -0.39 is 18.2 Å². The molecule has 1 aliphatic heterocycles. The summed E-state index contributed by atoms with van der Waals surface area (Å²) in [6, 6.07) is 9.53. The van der Waals surface area contributed by atoms with Gasteiger partial charge in [-0.3, -0.25) is 14.4 Å². The molecular weight excluding hydrogens is 324 g/mol. The second-order valence-corrected chi connectivity index (χ2v) is 5.78. The van der Waals surface area contributed by atoms with Gasteiger partial charge in [-0.25, -0.2) is 0 Å². The highest BCUT2D eigenvalue weighted by Crippen LogP contribution is 2.20. The fourth-order valence-electron chi connectivity index (χ4n) is 2.53. The number of aliphatic carboxylic acids is 1. The van der Waals surface area contributed by atoms with Gasteiger partial charge in [0.15, 0.2) is 6.23 Å². The van der Waals surface area contributed by atoms with Crippen molar-refractivity contribution in [2.45, 2.75) is 51.7 Å². The van der Waals surface area contributed by atoms with Crippen LogP contribution in [0.1, 0.15) is 51.0 Å². The van der Waals surface area contributed by atoms with E-state index in [0.717, 1.165) is 11.3 Å². The summed E-state index contributed by atoms with van der Waals surface area (Å²) in [6.45, 7) is 1.91.